The molecule has 1 aliphatic rings. The van der Waals surface area contributed by atoms with Gasteiger partial charge < -0.3 is 9.84 Å². The smallest absolute Gasteiger partial charge is 0.187 e. The molecule has 2 rings (SSSR count). The Morgan fingerprint density at radius 2 is 2.12 bits per heavy atom. The topological polar surface area (TPSA) is 33.8 Å². The van der Waals surface area contributed by atoms with Crippen molar-refractivity contribution in [2.75, 3.05) is 0 Å². The van der Waals surface area contributed by atoms with Gasteiger partial charge in [0.05, 0.1) is 12.7 Å². The largest absolute Gasteiger partial charge is 0.485 e. The van der Waals surface area contributed by atoms with Gasteiger partial charge >= 0.3 is 0 Å². The van der Waals surface area contributed by atoms with Crippen molar-refractivity contribution in [2.24, 2.45) is 0 Å². The number of nitrogens with zero attached hydrogens (tertiary/aromatic N) is 1. The van der Waals surface area contributed by atoms with Crippen molar-refractivity contribution in [3.63, 3.8) is 0 Å². The monoisotopic (exact) mass is 217 g/mol. The molecule has 0 spiro atoms. The lowest BCUT2D eigenvalue weighted by atomic mass is 9.82. The van der Waals surface area contributed by atoms with Crippen LogP contribution in [0.1, 0.15) is 32.3 Å². The highest BCUT2D eigenvalue weighted by Crippen LogP contribution is 2.42. The lowest BCUT2D eigenvalue weighted by Gasteiger charge is -2.41. The molecular weight excluding hydrogens is 202 g/mol. The first-order valence-corrected chi connectivity index (χ1v) is 5.34. The Morgan fingerprint density at radius 1 is 1.44 bits per heavy atom. The molecule has 1 aliphatic heterocycles. The standard InChI is InChI=1S/C13H15NO2/c1-8-10-7-9(14-4)5-6-11(10)16-13(2,3)12(8)15/h5-8,12,15H,1-3H3/t8-,12+/m1/s1. The van der Waals surface area contributed by atoms with Gasteiger partial charge in [-0.2, -0.15) is 0 Å². The lowest BCUT2D eigenvalue weighted by Crippen LogP contribution is -2.47. The van der Waals surface area contributed by atoms with Gasteiger partial charge in [0.2, 0.25) is 0 Å². The molecule has 2 atom stereocenters. The van der Waals surface area contributed by atoms with Gasteiger partial charge in [0, 0.05) is 5.92 Å². The van der Waals surface area contributed by atoms with Crippen molar-refractivity contribution < 1.29 is 9.84 Å². The summed E-state index contributed by atoms with van der Waals surface area (Å²) in [7, 11) is 0. The minimum Gasteiger partial charge on any atom is -0.485 e. The third-order valence-electron chi connectivity index (χ3n) is 3.17. The molecule has 0 fully saturated rings. The summed E-state index contributed by atoms with van der Waals surface area (Å²) >= 11 is 0. The molecule has 0 radical (unpaired) electrons. The second kappa shape index (κ2) is 3.50. The number of fused-ring (bicyclic) bond motifs is 1. The van der Waals surface area contributed by atoms with Crippen LogP contribution in [0.3, 0.4) is 0 Å². The second-order valence-electron chi connectivity index (χ2n) is 4.77. The Hall–Kier alpha value is -1.53. The predicted octanol–water partition coefficient (Wildman–Crippen LogP) is 2.87. The van der Waals surface area contributed by atoms with Crippen LogP contribution >= 0.6 is 0 Å². The van der Waals surface area contributed by atoms with Crippen molar-refractivity contribution >= 4 is 5.69 Å². The normalized spacial score (nSPS) is 26.4. The molecule has 0 aromatic heterocycles. The van der Waals surface area contributed by atoms with E-state index < -0.39 is 11.7 Å². The Morgan fingerprint density at radius 3 is 2.75 bits per heavy atom. The molecule has 0 amide bonds. The summed E-state index contributed by atoms with van der Waals surface area (Å²) in [5.74, 6) is 0.760. The van der Waals surface area contributed by atoms with Crippen molar-refractivity contribution in [3.05, 3.63) is 35.2 Å². The Labute approximate surface area is 95.5 Å². The molecule has 0 aliphatic carbocycles. The SMILES string of the molecule is [C-]#[N+]c1ccc2c(c1)[C@@H](C)[C@H](O)C(C)(C)O2. The summed E-state index contributed by atoms with van der Waals surface area (Å²) in [6.07, 6.45) is -0.555. The Balaban J connectivity index is 2.52. The molecule has 1 aromatic rings. The zero-order valence-corrected chi connectivity index (χ0v) is 9.69. The minimum absolute atomic E-state index is 0.0135. The van der Waals surface area contributed by atoms with Crippen molar-refractivity contribution in [2.45, 2.75) is 38.4 Å². The zero-order chi connectivity index (χ0) is 11.9. The van der Waals surface area contributed by atoms with Crippen LogP contribution in [0.4, 0.5) is 5.69 Å². The molecule has 1 N–H and O–H groups in total. The fourth-order valence-corrected chi connectivity index (χ4v) is 2.17. The van der Waals surface area contributed by atoms with E-state index in [1.807, 2.05) is 26.8 Å². The van der Waals surface area contributed by atoms with Crippen LogP contribution in [-0.2, 0) is 0 Å². The minimum atomic E-state index is -0.577. The number of benzene rings is 1. The summed E-state index contributed by atoms with van der Waals surface area (Å²) in [5, 5.41) is 10.1. The first kappa shape index (κ1) is 11.0. The third-order valence-corrected chi connectivity index (χ3v) is 3.17. The number of aliphatic hydroxyl groups is 1. The van der Waals surface area contributed by atoms with E-state index in [-0.39, 0.29) is 5.92 Å². The van der Waals surface area contributed by atoms with Crippen molar-refractivity contribution in [3.8, 4) is 5.75 Å². The molecular formula is C13H15NO2. The van der Waals surface area contributed by atoms with Gasteiger partial charge in [-0.25, -0.2) is 4.85 Å². The van der Waals surface area contributed by atoms with Gasteiger partial charge in [-0.3, -0.25) is 0 Å². The molecule has 1 aromatic carbocycles. The number of aliphatic hydroxyl groups excluding tert-OH is 1. The van der Waals surface area contributed by atoms with E-state index in [0.29, 0.717) is 5.69 Å². The van der Waals surface area contributed by atoms with Gasteiger partial charge in [-0.1, -0.05) is 13.0 Å². The Bertz CT molecular complexity index is 459. The van der Waals surface area contributed by atoms with Crippen molar-refractivity contribution in [1.82, 2.24) is 0 Å². The van der Waals surface area contributed by atoms with E-state index in [1.165, 1.54) is 0 Å². The maximum atomic E-state index is 10.1. The van der Waals surface area contributed by atoms with Crippen LogP contribution in [0.5, 0.6) is 5.75 Å². The van der Waals surface area contributed by atoms with Crippen LogP contribution in [0.25, 0.3) is 4.85 Å². The van der Waals surface area contributed by atoms with E-state index in [4.69, 9.17) is 11.3 Å². The Kier molecular flexibility index (Phi) is 2.40. The molecule has 84 valence electrons. The zero-order valence-electron chi connectivity index (χ0n) is 9.69. The molecule has 0 unspecified atom stereocenters. The van der Waals surface area contributed by atoms with Crippen LogP contribution in [0.15, 0.2) is 18.2 Å². The van der Waals surface area contributed by atoms with Crippen molar-refractivity contribution in [1.29, 1.82) is 0 Å². The average Bonchev–Trinajstić information content (AvgIpc) is 2.25. The van der Waals surface area contributed by atoms with Gasteiger partial charge in [0.1, 0.15) is 11.4 Å². The highest BCUT2D eigenvalue weighted by atomic mass is 16.5. The number of rotatable bonds is 0. The van der Waals surface area contributed by atoms with Crippen LogP contribution < -0.4 is 4.74 Å². The molecule has 16 heavy (non-hydrogen) atoms. The number of hydrogen-bond acceptors (Lipinski definition) is 2. The van der Waals surface area contributed by atoms with Crippen LogP contribution in [-0.4, -0.2) is 16.8 Å². The van der Waals surface area contributed by atoms with E-state index >= 15 is 0 Å². The van der Waals surface area contributed by atoms with E-state index in [2.05, 4.69) is 4.85 Å². The van der Waals surface area contributed by atoms with E-state index in [1.54, 1.807) is 12.1 Å². The first-order valence-electron chi connectivity index (χ1n) is 5.34. The van der Waals surface area contributed by atoms with E-state index in [0.717, 1.165) is 11.3 Å². The molecule has 1 heterocycles. The summed E-state index contributed by atoms with van der Waals surface area (Å²) in [6.45, 7) is 12.7. The summed E-state index contributed by atoms with van der Waals surface area (Å²) in [6, 6.07) is 5.35. The molecule has 3 heteroatoms. The number of ether oxygens (including phenoxy) is 1. The lowest BCUT2D eigenvalue weighted by molar-refractivity contribution is -0.0549. The second-order valence-corrected chi connectivity index (χ2v) is 4.77. The number of hydrogen-bond donors (Lipinski definition) is 1. The maximum Gasteiger partial charge on any atom is 0.187 e. The summed E-state index contributed by atoms with van der Waals surface area (Å²) < 4.78 is 5.75. The van der Waals surface area contributed by atoms with E-state index in [9.17, 15) is 5.11 Å². The molecule has 3 nitrogen and oxygen atoms in total. The predicted molar refractivity (Wildman–Crippen MR) is 61.8 cm³/mol. The fraction of sp³-hybridized carbons (Fsp3) is 0.462. The average molecular weight is 217 g/mol. The first-order chi connectivity index (χ1) is 7.45. The van der Waals surface area contributed by atoms with Gasteiger partial charge in [0.15, 0.2) is 5.69 Å². The summed E-state index contributed by atoms with van der Waals surface area (Å²) in [5.41, 5.74) is 0.924. The van der Waals surface area contributed by atoms with Crippen LogP contribution in [0, 0.1) is 6.57 Å². The van der Waals surface area contributed by atoms with Gasteiger partial charge in [-0.05, 0) is 31.5 Å². The molecule has 0 bridgehead atoms. The fourth-order valence-electron chi connectivity index (χ4n) is 2.17. The quantitative estimate of drug-likeness (QED) is 0.678. The summed E-state index contributed by atoms with van der Waals surface area (Å²) in [4.78, 5) is 3.39. The highest BCUT2D eigenvalue weighted by molar-refractivity contribution is 5.54. The van der Waals surface area contributed by atoms with Gasteiger partial charge in [-0.15, -0.1) is 0 Å². The van der Waals surface area contributed by atoms with Crippen LogP contribution in [0.2, 0.25) is 0 Å². The molecule has 0 saturated carbocycles. The molecule has 0 saturated heterocycles. The highest BCUT2D eigenvalue weighted by Gasteiger charge is 2.40. The van der Waals surface area contributed by atoms with Gasteiger partial charge in [0.25, 0.3) is 0 Å². The third kappa shape index (κ3) is 1.56. The maximum absolute atomic E-state index is 10.1.